The van der Waals surface area contributed by atoms with Gasteiger partial charge < -0.3 is 9.47 Å². The molecule has 0 heterocycles. The second-order valence-corrected chi connectivity index (χ2v) is 5.06. The van der Waals surface area contributed by atoms with E-state index in [1.165, 1.54) is 0 Å². The predicted molar refractivity (Wildman–Crippen MR) is 83.9 cm³/mol. The molecule has 0 bridgehead atoms. The van der Waals surface area contributed by atoms with E-state index in [1.54, 1.807) is 50.6 Å². The summed E-state index contributed by atoms with van der Waals surface area (Å²) < 4.78 is 10.2. The van der Waals surface area contributed by atoms with Crippen LogP contribution in [0.1, 0.15) is 15.9 Å². The molecule has 0 aliphatic rings. The molecule has 0 aliphatic heterocycles. The van der Waals surface area contributed by atoms with Gasteiger partial charge in [0.05, 0.1) is 14.2 Å². The van der Waals surface area contributed by atoms with Crippen molar-refractivity contribution in [3.63, 3.8) is 0 Å². The fourth-order valence-corrected chi connectivity index (χ4v) is 2.41. The van der Waals surface area contributed by atoms with Crippen LogP contribution in [0.5, 0.6) is 11.5 Å². The Balaban J connectivity index is 2.41. The molecule has 0 atom stereocenters. The first-order chi connectivity index (χ1) is 9.56. The Kier molecular flexibility index (Phi) is 4.62. The van der Waals surface area contributed by atoms with E-state index in [0.717, 1.165) is 0 Å². The summed E-state index contributed by atoms with van der Waals surface area (Å²) in [4.78, 5) is 13.6. The second-order valence-electron chi connectivity index (χ2n) is 4.10. The van der Waals surface area contributed by atoms with E-state index in [1.807, 2.05) is 0 Å². The van der Waals surface area contributed by atoms with E-state index in [9.17, 15) is 4.79 Å². The number of ketones is 1. The van der Waals surface area contributed by atoms with Crippen molar-refractivity contribution >= 4 is 31.0 Å². The molecule has 0 N–H and O–H groups in total. The molecule has 2 aromatic carbocycles. The number of hydrogen-bond donors (Lipinski definition) is 2. The number of thiol groups is 2. The molecule has 3 nitrogen and oxygen atoms in total. The summed E-state index contributed by atoms with van der Waals surface area (Å²) in [5.74, 6) is 1.19. The molecular weight excluding hydrogens is 292 g/mol. The highest BCUT2D eigenvalue weighted by molar-refractivity contribution is 7.80. The summed E-state index contributed by atoms with van der Waals surface area (Å²) >= 11 is 8.67. The van der Waals surface area contributed by atoms with Crippen LogP contribution in [0.2, 0.25) is 0 Å². The smallest absolute Gasteiger partial charge is 0.195 e. The minimum Gasteiger partial charge on any atom is -0.497 e. The van der Waals surface area contributed by atoms with E-state index in [0.29, 0.717) is 32.4 Å². The fraction of sp³-hybridized carbons (Fsp3) is 0.133. The van der Waals surface area contributed by atoms with E-state index in [4.69, 9.17) is 9.47 Å². The zero-order valence-corrected chi connectivity index (χ0v) is 12.9. The fourth-order valence-electron chi connectivity index (χ4n) is 1.81. The van der Waals surface area contributed by atoms with Gasteiger partial charge in [0.25, 0.3) is 0 Å². The SMILES string of the molecule is COc1ccc(C(=O)c2ccc(OC)cc2S)c(S)c1. The number of benzene rings is 2. The highest BCUT2D eigenvalue weighted by Crippen LogP contribution is 2.27. The van der Waals surface area contributed by atoms with Crippen molar-refractivity contribution in [2.75, 3.05) is 14.2 Å². The molecule has 0 saturated carbocycles. The average Bonchev–Trinajstić information content (AvgIpc) is 2.46. The monoisotopic (exact) mass is 306 g/mol. The maximum atomic E-state index is 12.5. The molecule has 20 heavy (non-hydrogen) atoms. The van der Waals surface area contributed by atoms with Gasteiger partial charge in [-0.05, 0) is 36.4 Å². The first-order valence-corrected chi connectivity index (χ1v) is 6.75. The van der Waals surface area contributed by atoms with Gasteiger partial charge in [0.2, 0.25) is 0 Å². The Bertz CT molecular complexity index is 598. The summed E-state index contributed by atoms with van der Waals surface area (Å²) in [6.07, 6.45) is 0. The minimum absolute atomic E-state index is 0.134. The molecule has 0 aliphatic carbocycles. The standard InChI is InChI=1S/C15H14O3S2/c1-17-9-3-5-11(13(19)7-9)15(16)12-6-4-10(18-2)8-14(12)20/h3-8,19-20H,1-2H3. The number of rotatable bonds is 4. The second kappa shape index (κ2) is 6.24. The first-order valence-electron chi connectivity index (χ1n) is 5.85. The third-order valence-electron chi connectivity index (χ3n) is 2.90. The topological polar surface area (TPSA) is 35.5 Å². The van der Waals surface area contributed by atoms with Gasteiger partial charge in [-0.3, -0.25) is 4.79 Å². The zero-order chi connectivity index (χ0) is 14.7. The van der Waals surface area contributed by atoms with Crippen molar-refractivity contribution < 1.29 is 14.3 Å². The van der Waals surface area contributed by atoms with Crippen molar-refractivity contribution in [3.8, 4) is 11.5 Å². The largest absolute Gasteiger partial charge is 0.497 e. The molecule has 0 radical (unpaired) electrons. The molecule has 0 spiro atoms. The Morgan fingerprint density at radius 3 is 1.55 bits per heavy atom. The van der Waals surface area contributed by atoms with Crippen LogP contribution in [0.15, 0.2) is 46.2 Å². The zero-order valence-electron chi connectivity index (χ0n) is 11.1. The summed E-state index contributed by atoms with van der Waals surface area (Å²) in [5.41, 5.74) is 1.02. The van der Waals surface area contributed by atoms with Crippen LogP contribution in [-0.2, 0) is 0 Å². The molecule has 0 saturated heterocycles. The third-order valence-corrected chi connectivity index (χ3v) is 3.64. The van der Waals surface area contributed by atoms with Gasteiger partial charge in [0.1, 0.15) is 11.5 Å². The number of carbonyl (C=O) groups is 1. The summed E-state index contributed by atoms with van der Waals surface area (Å²) in [7, 11) is 3.14. The van der Waals surface area contributed by atoms with Gasteiger partial charge in [-0.2, -0.15) is 0 Å². The van der Waals surface area contributed by atoms with Gasteiger partial charge in [-0.25, -0.2) is 0 Å². The highest BCUT2D eigenvalue weighted by atomic mass is 32.1. The number of hydrogen-bond acceptors (Lipinski definition) is 5. The average molecular weight is 306 g/mol. The summed E-state index contributed by atoms with van der Waals surface area (Å²) in [5, 5.41) is 0. The van der Waals surface area contributed by atoms with Crippen molar-refractivity contribution in [3.05, 3.63) is 47.5 Å². The molecule has 5 heteroatoms. The predicted octanol–water partition coefficient (Wildman–Crippen LogP) is 3.51. The number of carbonyl (C=O) groups excluding carboxylic acids is 1. The van der Waals surface area contributed by atoms with Gasteiger partial charge >= 0.3 is 0 Å². The summed E-state index contributed by atoms with van der Waals surface area (Å²) in [6, 6.07) is 10.3. The Labute approximate surface area is 128 Å². The van der Waals surface area contributed by atoms with E-state index < -0.39 is 0 Å². The molecule has 2 rings (SSSR count). The minimum atomic E-state index is -0.134. The van der Waals surface area contributed by atoms with Crippen LogP contribution in [0.4, 0.5) is 0 Å². The van der Waals surface area contributed by atoms with Crippen LogP contribution in [0, 0.1) is 0 Å². The molecular formula is C15H14O3S2. The van der Waals surface area contributed by atoms with Gasteiger partial charge in [0.15, 0.2) is 5.78 Å². The molecule has 0 unspecified atom stereocenters. The van der Waals surface area contributed by atoms with Crippen LogP contribution in [0.3, 0.4) is 0 Å². The van der Waals surface area contributed by atoms with E-state index >= 15 is 0 Å². The van der Waals surface area contributed by atoms with Crippen molar-refractivity contribution in [1.82, 2.24) is 0 Å². The number of ether oxygens (including phenoxy) is 2. The van der Waals surface area contributed by atoms with Gasteiger partial charge in [0, 0.05) is 20.9 Å². The normalized spacial score (nSPS) is 10.2. The maximum Gasteiger partial charge on any atom is 0.195 e. The third kappa shape index (κ3) is 2.94. The van der Waals surface area contributed by atoms with Crippen molar-refractivity contribution in [1.29, 1.82) is 0 Å². The Morgan fingerprint density at radius 2 is 1.25 bits per heavy atom. The van der Waals surface area contributed by atoms with Gasteiger partial charge in [-0.1, -0.05) is 0 Å². The molecule has 0 amide bonds. The lowest BCUT2D eigenvalue weighted by Gasteiger charge is -2.09. The van der Waals surface area contributed by atoms with Crippen LogP contribution < -0.4 is 9.47 Å². The lowest BCUT2D eigenvalue weighted by molar-refractivity contribution is 0.103. The van der Waals surface area contributed by atoms with E-state index in [-0.39, 0.29) is 5.78 Å². The molecule has 2 aromatic rings. The van der Waals surface area contributed by atoms with Gasteiger partial charge in [-0.15, -0.1) is 25.3 Å². The Morgan fingerprint density at radius 1 is 0.850 bits per heavy atom. The van der Waals surface area contributed by atoms with Crippen molar-refractivity contribution in [2.24, 2.45) is 0 Å². The van der Waals surface area contributed by atoms with E-state index in [2.05, 4.69) is 25.3 Å². The Hall–Kier alpha value is -1.59. The molecule has 0 fully saturated rings. The lowest BCUT2D eigenvalue weighted by atomic mass is 10.0. The quantitative estimate of drug-likeness (QED) is 0.670. The summed E-state index contributed by atoms with van der Waals surface area (Å²) in [6.45, 7) is 0. The first kappa shape index (κ1) is 14.8. The van der Waals surface area contributed by atoms with Crippen LogP contribution in [-0.4, -0.2) is 20.0 Å². The lowest BCUT2D eigenvalue weighted by Crippen LogP contribution is -2.04. The van der Waals surface area contributed by atoms with Crippen LogP contribution in [0.25, 0.3) is 0 Å². The van der Waals surface area contributed by atoms with Crippen molar-refractivity contribution in [2.45, 2.75) is 9.79 Å². The highest BCUT2D eigenvalue weighted by Gasteiger charge is 2.15. The maximum absolute atomic E-state index is 12.5. The van der Waals surface area contributed by atoms with Crippen LogP contribution >= 0.6 is 25.3 Å². The molecule has 104 valence electrons. The number of methoxy groups -OCH3 is 2. The molecule has 0 aromatic heterocycles.